The zero-order chi connectivity index (χ0) is 14.4. The molecule has 4 nitrogen and oxygen atoms in total. The van der Waals surface area contributed by atoms with Crippen molar-refractivity contribution >= 4 is 23.4 Å². The highest BCUT2D eigenvalue weighted by molar-refractivity contribution is 8.00. The van der Waals surface area contributed by atoms with E-state index in [1.807, 2.05) is 38.1 Å². The standard InChI is InChI=1S/C14H22N2O2S/c1-9(2)14(15)13(8-17)19-12-6-4-11(5-7-12)16-10(3)18/h4-7,9,13-14,17H,8,15H2,1-3H3,(H,16,18). The van der Waals surface area contributed by atoms with Crippen LogP contribution in [0.1, 0.15) is 20.8 Å². The molecule has 2 unspecified atom stereocenters. The summed E-state index contributed by atoms with van der Waals surface area (Å²) in [5.74, 6) is 0.235. The van der Waals surface area contributed by atoms with Crippen LogP contribution in [0.4, 0.5) is 5.69 Å². The number of carbonyl (C=O) groups is 1. The van der Waals surface area contributed by atoms with Gasteiger partial charge in [-0.3, -0.25) is 4.79 Å². The van der Waals surface area contributed by atoms with Gasteiger partial charge in [-0.1, -0.05) is 13.8 Å². The second-order valence-electron chi connectivity index (χ2n) is 4.87. The average Bonchev–Trinajstić information content (AvgIpc) is 2.36. The molecule has 0 aliphatic rings. The molecular weight excluding hydrogens is 260 g/mol. The summed E-state index contributed by atoms with van der Waals surface area (Å²) in [4.78, 5) is 12.0. The molecule has 1 amide bonds. The Morgan fingerprint density at radius 1 is 1.37 bits per heavy atom. The van der Waals surface area contributed by atoms with Gasteiger partial charge >= 0.3 is 0 Å². The number of hydrogen-bond donors (Lipinski definition) is 3. The van der Waals surface area contributed by atoms with E-state index in [4.69, 9.17) is 5.73 Å². The van der Waals surface area contributed by atoms with Gasteiger partial charge in [0.2, 0.25) is 5.91 Å². The van der Waals surface area contributed by atoms with E-state index < -0.39 is 0 Å². The van der Waals surface area contributed by atoms with Crippen LogP contribution in [0.2, 0.25) is 0 Å². The molecule has 4 N–H and O–H groups in total. The Kier molecular flexibility index (Phi) is 6.34. The molecule has 0 spiro atoms. The predicted molar refractivity (Wildman–Crippen MR) is 80.3 cm³/mol. The van der Waals surface area contributed by atoms with Crippen molar-refractivity contribution in [3.8, 4) is 0 Å². The van der Waals surface area contributed by atoms with Crippen molar-refractivity contribution in [3.63, 3.8) is 0 Å². The number of carbonyl (C=O) groups excluding carboxylic acids is 1. The predicted octanol–water partition coefficient (Wildman–Crippen LogP) is 2.08. The van der Waals surface area contributed by atoms with E-state index in [0.29, 0.717) is 5.92 Å². The van der Waals surface area contributed by atoms with Gasteiger partial charge in [0.25, 0.3) is 0 Å². The quantitative estimate of drug-likeness (QED) is 0.698. The zero-order valence-electron chi connectivity index (χ0n) is 11.6. The first-order valence-electron chi connectivity index (χ1n) is 6.34. The number of hydrogen-bond acceptors (Lipinski definition) is 4. The molecule has 0 aliphatic carbocycles. The van der Waals surface area contributed by atoms with Gasteiger partial charge in [-0.15, -0.1) is 11.8 Å². The van der Waals surface area contributed by atoms with Crippen LogP contribution in [0.5, 0.6) is 0 Å². The van der Waals surface area contributed by atoms with Crippen LogP contribution in [0.3, 0.4) is 0 Å². The third kappa shape index (κ3) is 5.22. The smallest absolute Gasteiger partial charge is 0.221 e. The number of nitrogens with two attached hydrogens (primary N) is 1. The summed E-state index contributed by atoms with van der Waals surface area (Å²) in [5.41, 5.74) is 6.85. The van der Waals surface area contributed by atoms with Crippen molar-refractivity contribution in [2.75, 3.05) is 11.9 Å². The molecule has 0 heterocycles. The number of rotatable bonds is 6. The van der Waals surface area contributed by atoms with Crippen LogP contribution in [0, 0.1) is 5.92 Å². The van der Waals surface area contributed by atoms with Gasteiger partial charge in [-0.25, -0.2) is 0 Å². The minimum absolute atomic E-state index is 0.0217. The first-order chi connectivity index (χ1) is 8.93. The first kappa shape index (κ1) is 16.0. The molecule has 1 rings (SSSR count). The number of thioether (sulfide) groups is 1. The number of anilines is 1. The van der Waals surface area contributed by atoms with Crippen LogP contribution in [0.25, 0.3) is 0 Å². The average molecular weight is 282 g/mol. The fraction of sp³-hybridized carbons (Fsp3) is 0.500. The molecule has 106 valence electrons. The number of benzene rings is 1. The Bertz CT molecular complexity index is 406. The highest BCUT2D eigenvalue weighted by atomic mass is 32.2. The van der Waals surface area contributed by atoms with Gasteiger partial charge in [-0.2, -0.15) is 0 Å². The van der Waals surface area contributed by atoms with Gasteiger partial charge in [0.05, 0.1) is 6.61 Å². The van der Waals surface area contributed by atoms with E-state index in [1.165, 1.54) is 6.92 Å². The monoisotopic (exact) mass is 282 g/mol. The molecule has 0 aliphatic heterocycles. The van der Waals surface area contributed by atoms with E-state index in [-0.39, 0.29) is 23.8 Å². The summed E-state index contributed by atoms with van der Waals surface area (Å²) in [5, 5.41) is 12.1. The summed E-state index contributed by atoms with van der Waals surface area (Å²) in [7, 11) is 0. The second kappa shape index (κ2) is 7.53. The van der Waals surface area contributed by atoms with Crippen molar-refractivity contribution in [3.05, 3.63) is 24.3 Å². The van der Waals surface area contributed by atoms with E-state index >= 15 is 0 Å². The van der Waals surface area contributed by atoms with E-state index in [1.54, 1.807) is 11.8 Å². The molecule has 0 saturated heterocycles. The van der Waals surface area contributed by atoms with Crippen molar-refractivity contribution in [1.82, 2.24) is 0 Å². The molecule has 19 heavy (non-hydrogen) atoms. The van der Waals surface area contributed by atoms with Gasteiger partial charge < -0.3 is 16.2 Å². The second-order valence-corrected chi connectivity index (χ2v) is 6.18. The van der Waals surface area contributed by atoms with E-state index in [0.717, 1.165) is 10.6 Å². The van der Waals surface area contributed by atoms with Crippen LogP contribution in [-0.4, -0.2) is 28.9 Å². The van der Waals surface area contributed by atoms with Crippen molar-refractivity contribution in [2.45, 2.75) is 37.0 Å². The Labute approximate surface area is 118 Å². The Hall–Kier alpha value is -1.04. The van der Waals surface area contributed by atoms with Crippen LogP contribution < -0.4 is 11.1 Å². The van der Waals surface area contributed by atoms with Crippen molar-refractivity contribution in [1.29, 1.82) is 0 Å². The molecule has 5 heteroatoms. The maximum absolute atomic E-state index is 10.9. The summed E-state index contributed by atoms with van der Waals surface area (Å²) < 4.78 is 0. The Morgan fingerprint density at radius 3 is 2.37 bits per heavy atom. The first-order valence-corrected chi connectivity index (χ1v) is 7.22. The maximum Gasteiger partial charge on any atom is 0.221 e. The number of aliphatic hydroxyl groups excluding tert-OH is 1. The number of aliphatic hydroxyl groups is 1. The molecule has 0 saturated carbocycles. The van der Waals surface area contributed by atoms with E-state index in [2.05, 4.69) is 5.32 Å². The molecule has 0 bridgehead atoms. The number of nitrogens with one attached hydrogen (secondary N) is 1. The lowest BCUT2D eigenvalue weighted by atomic mass is 10.0. The largest absolute Gasteiger partial charge is 0.395 e. The van der Waals surface area contributed by atoms with Crippen molar-refractivity contribution < 1.29 is 9.90 Å². The van der Waals surface area contributed by atoms with Gasteiger partial charge in [0.15, 0.2) is 0 Å². The topological polar surface area (TPSA) is 75.3 Å². The van der Waals surface area contributed by atoms with E-state index in [9.17, 15) is 9.90 Å². The molecule has 2 atom stereocenters. The van der Waals surface area contributed by atoms with Gasteiger partial charge in [0.1, 0.15) is 0 Å². The summed E-state index contributed by atoms with van der Waals surface area (Å²) >= 11 is 1.57. The molecule has 0 fully saturated rings. The highest BCUT2D eigenvalue weighted by Crippen LogP contribution is 2.27. The Morgan fingerprint density at radius 2 is 1.95 bits per heavy atom. The third-order valence-electron chi connectivity index (χ3n) is 2.84. The van der Waals surface area contributed by atoms with Crippen LogP contribution in [-0.2, 0) is 4.79 Å². The lowest BCUT2D eigenvalue weighted by molar-refractivity contribution is -0.114. The minimum Gasteiger partial charge on any atom is -0.395 e. The third-order valence-corrected chi connectivity index (χ3v) is 4.15. The fourth-order valence-corrected chi connectivity index (χ4v) is 2.85. The molecular formula is C14H22N2O2S. The van der Waals surface area contributed by atoms with Crippen molar-refractivity contribution in [2.24, 2.45) is 11.7 Å². The zero-order valence-corrected chi connectivity index (χ0v) is 12.4. The molecule has 1 aromatic rings. The Balaban J connectivity index is 2.68. The molecule has 0 radical (unpaired) electrons. The minimum atomic E-state index is -0.0875. The fourth-order valence-electron chi connectivity index (χ4n) is 1.66. The normalized spacial score (nSPS) is 14.2. The summed E-state index contributed by atoms with van der Waals surface area (Å²) in [6.07, 6.45) is 0. The SMILES string of the molecule is CC(=O)Nc1ccc(SC(CO)C(N)C(C)C)cc1. The molecule has 0 aromatic heterocycles. The van der Waals surface area contributed by atoms with Crippen LogP contribution >= 0.6 is 11.8 Å². The maximum atomic E-state index is 10.9. The van der Waals surface area contributed by atoms with Gasteiger partial charge in [-0.05, 0) is 30.2 Å². The number of amides is 1. The lowest BCUT2D eigenvalue weighted by Gasteiger charge is -2.24. The van der Waals surface area contributed by atoms with Gasteiger partial charge in [0, 0.05) is 28.8 Å². The van der Waals surface area contributed by atoms with Crippen LogP contribution in [0.15, 0.2) is 29.2 Å². The highest BCUT2D eigenvalue weighted by Gasteiger charge is 2.21. The summed E-state index contributed by atoms with van der Waals surface area (Å²) in [6, 6.07) is 7.49. The molecule has 1 aromatic carbocycles. The lowest BCUT2D eigenvalue weighted by Crippen LogP contribution is -2.39. The summed E-state index contributed by atoms with van der Waals surface area (Å²) in [6.45, 7) is 5.63.